The van der Waals surface area contributed by atoms with Crippen LogP contribution in [0.15, 0.2) is 78.9 Å². The predicted molar refractivity (Wildman–Crippen MR) is 115 cm³/mol. The van der Waals surface area contributed by atoms with E-state index in [-0.39, 0.29) is 5.92 Å². The van der Waals surface area contributed by atoms with Crippen molar-refractivity contribution in [2.24, 2.45) is 0 Å². The molecule has 0 aliphatic carbocycles. The van der Waals surface area contributed by atoms with Gasteiger partial charge in [-0.25, -0.2) is 0 Å². The first-order valence-electron chi connectivity index (χ1n) is 9.22. The summed E-state index contributed by atoms with van der Waals surface area (Å²) in [5, 5.41) is 0. The van der Waals surface area contributed by atoms with Gasteiger partial charge in [-0.2, -0.15) is 0 Å². The quantitative estimate of drug-likeness (QED) is 0.378. The molecule has 0 saturated heterocycles. The predicted octanol–water partition coefficient (Wildman–Crippen LogP) is 6.94. The molecule has 0 saturated carbocycles. The Morgan fingerprint density at radius 2 is 1.85 bits per heavy atom. The lowest BCUT2D eigenvalue weighted by atomic mass is 9.85. The summed E-state index contributed by atoms with van der Waals surface area (Å²) in [6.07, 6.45) is 14.3. The zero-order valence-corrected chi connectivity index (χ0v) is 16.1. The van der Waals surface area contributed by atoms with Crippen LogP contribution in [0.1, 0.15) is 55.4 Å². The molecule has 0 aromatic heterocycles. The molecule has 132 valence electrons. The summed E-state index contributed by atoms with van der Waals surface area (Å²) in [4.78, 5) is 0. The lowest BCUT2D eigenvalue weighted by Crippen LogP contribution is -2.03. The van der Waals surface area contributed by atoms with Gasteiger partial charge in [-0.05, 0) is 48.1 Å². The molecule has 1 unspecified atom stereocenters. The Bertz CT molecular complexity index is 841. The zero-order chi connectivity index (χ0) is 18.9. The maximum Gasteiger partial charge on any atom is 0.0705 e. The van der Waals surface area contributed by atoms with Gasteiger partial charge in [-0.3, -0.25) is 0 Å². The Kier molecular flexibility index (Phi) is 7.24. The summed E-state index contributed by atoms with van der Waals surface area (Å²) in [6, 6.07) is 17.1. The van der Waals surface area contributed by atoms with Crippen LogP contribution in [0, 0.1) is 12.3 Å². The van der Waals surface area contributed by atoms with Crippen LogP contribution in [0.25, 0.3) is 5.57 Å². The molecule has 0 aliphatic heterocycles. The highest BCUT2D eigenvalue weighted by Crippen LogP contribution is 2.32. The molecule has 2 rings (SSSR count). The number of hydrogen-bond acceptors (Lipinski definition) is 0. The van der Waals surface area contributed by atoms with E-state index in [1.54, 1.807) is 0 Å². The molecule has 0 spiro atoms. The van der Waals surface area contributed by atoms with Crippen molar-refractivity contribution >= 4 is 5.57 Å². The highest BCUT2D eigenvalue weighted by Gasteiger charge is 2.16. The van der Waals surface area contributed by atoms with Crippen molar-refractivity contribution in [1.82, 2.24) is 0 Å². The van der Waals surface area contributed by atoms with E-state index in [2.05, 4.69) is 75.8 Å². The van der Waals surface area contributed by atoms with Crippen LogP contribution >= 0.6 is 0 Å². The fourth-order valence-electron chi connectivity index (χ4n) is 3.07. The van der Waals surface area contributed by atoms with Crippen LogP contribution < -0.4 is 0 Å². The van der Waals surface area contributed by atoms with Gasteiger partial charge in [0.1, 0.15) is 0 Å². The fraction of sp³-hybridized carbons (Fsp3) is 0.231. The second kappa shape index (κ2) is 9.64. The molecule has 0 heterocycles. The summed E-state index contributed by atoms with van der Waals surface area (Å²) in [5.74, 6) is 2.95. The van der Waals surface area contributed by atoms with E-state index < -0.39 is 0 Å². The van der Waals surface area contributed by atoms with Crippen LogP contribution in [-0.4, -0.2) is 0 Å². The highest BCUT2D eigenvalue weighted by molar-refractivity contribution is 5.70. The summed E-state index contributed by atoms with van der Waals surface area (Å²) in [5.41, 5.74) is 7.30. The maximum atomic E-state index is 5.95. The lowest BCUT2D eigenvalue weighted by Gasteiger charge is -2.18. The van der Waals surface area contributed by atoms with Crippen molar-refractivity contribution in [1.29, 1.82) is 0 Å². The minimum Gasteiger partial charge on any atom is -0.119 e. The van der Waals surface area contributed by atoms with Crippen molar-refractivity contribution in [2.75, 3.05) is 0 Å². The number of benzene rings is 2. The van der Waals surface area contributed by atoms with Crippen molar-refractivity contribution in [3.05, 3.63) is 101 Å². The number of rotatable bonds is 7. The van der Waals surface area contributed by atoms with E-state index in [0.29, 0.717) is 0 Å². The molecule has 0 radical (unpaired) electrons. The average Bonchev–Trinajstić information content (AvgIpc) is 2.68. The molecule has 1 atom stereocenters. The van der Waals surface area contributed by atoms with E-state index in [4.69, 9.17) is 6.42 Å². The van der Waals surface area contributed by atoms with Crippen LogP contribution in [0.2, 0.25) is 0 Å². The summed E-state index contributed by atoms with van der Waals surface area (Å²) in [7, 11) is 0. The topological polar surface area (TPSA) is 0 Å². The minimum absolute atomic E-state index is 0.0466. The Morgan fingerprint density at radius 1 is 1.12 bits per heavy atom. The Labute approximate surface area is 159 Å². The molecule has 0 nitrogen and oxygen atoms in total. The summed E-state index contributed by atoms with van der Waals surface area (Å²) < 4.78 is 0. The second-order valence-corrected chi connectivity index (χ2v) is 6.65. The van der Waals surface area contributed by atoms with Crippen LogP contribution in [-0.2, 0) is 6.42 Å². The van der Waals surface area contributed by atoms with Crippen molar-refractivity contribution in [2.45, 2.75) is 39.5 Å². The first kappa shape index (κ1) is 19.5. The third-order valence-corrected chi connectivity index (χ3v) is 4.61. The first-order chi connectivity index (χ1) is 12.6. The number of hydrogen-bond donors (Lipinski definition) is 0. The average molecular weight is 341 g/mol. The van der Waals surface area contributed by atoms with Crippen LogP contribution in [0.4, 0.5) is 0 Å². The van der Waals surface area contributed by atoms with Gasteiger partial charge in [0.15, 0.2) is 0 Å². The van der Waals surface area contributed by atoms with Gasteiger partial charge in [-0.1, -0.05) is 98.2 Å². The van der Waals surface area contributed by atoms with Crippen molar-refractivity contribution in [3.8, 4) is 12.3 Å². The summed E-state index contributed by atoms with van der Waals surface area (Å²) in [6.45, 7) is 10.2. The first-order valence-corrected chi connectivity index (χ1v) is 9.22. The smallest absolute Gasteiger partial charge is 0.0705 e. The molecule has 0 bridgehead atoms. The lowest BCUT2D eigenvalue weighted by molar-refractivity contribution is 0.917. The molecular weight excluding hydrogens is 312 g/mol. The molecule has 0 N–H and O–H groups in total. The normalized spacial score (nSPS) is 13.2. The van der Waals surface area contributed by atoms with E-state index in [1.807, 2.05) is 24.3 Å². The fourth-order valence-corrected chi connectivity index (χ4v) is 3.07. The molecule has 2 aromatic rings. The number of terminal acetylenes is 1. The standard InChI is InChI=1S/C26H28/c1-6-12-22-17-18-25(24(8-3)23-13-10-9-11-14-23)26(19-22)21(5)16-15-20(4)7-2/h3,7,9-11,13-19,24H,2,6,12H2,1,4-5H3/b20-15-,21-16+. The van der Waals surface area contributed by atoms with Gasteiger partial charge in [-0.15, -0.1) is 6.42 Å². The van der Waals surface area contributed by atoms with E-state index in [1.165, 1.54) is 22.3 Å². The molecule has 0 heteroatoms. The van der Waals surface area contributed by atoms with Gasteiger partial charge in [0.2, 0.25) is 0 Å². The molecule has 0 aliphatic rings. The van der Waals surface area contributed by atoms with Crippen molar-refractivity contribution < 1.29 is 0 Å². The van der Waals surface area contributed by atoms with E-state index in [0.717, 1.165) is 24.0 Å². The Hall–Kier alpha value is -2.78. The molecule has 0 amide bonds. The molecular formula is C26H28. The third-order valence-electron chi connectivity index (χ3n) is 4.61. The minimum atomic E-state index is -0.0466. The van der Waals surface area contributed by atoms with Gasteiger partial charge in [0.05, 0.1) is 5.92 Å². The number of allylic oxidation sites excluding steroid dienone is 5. The monoisotopic (exact) mass is 340 g/mol. The van der Waals surface area contributed by atoms with Gasteiger partial charge >= 0.3 is 0 Å². The van der Waals surface area contributed by atoms with E-state index >= 15 is 0 Å². The van der Waals surface area contributed by atoms with Gasteiger partial charge in [0.25, 0.3) is 0 Å². The van der Waals surface area contributed by atoms with Crippen LogP contribution in [0.5, 0.6) is 0 Å². The SMILES string of the molecule is C#CC(c1ccccc1)c1ccc(CCC)cc1/C(C)=C/C=C(/C)C=C. The van der Waals surface area contributed by atoms with Gasteiger partial charge < -0.3 is 0 Å². The van der Waals surface area contributed by atoms with Gasteiger partial charge in [0, 0.05) is 0 Å². The second-order valence-electron chi connectivity index (χ2n) is 6.65. The zero-order valence-electron chi connectivity index (χ0n) is 16.1. The Balaban J connectivity index is 2.58. The molecule has 0 fully saturated rings. The largest absolute Gasteiger partial charge is 0.119 e. The van der Waals surface area contributed by atoms with Crippen LogP contribution in [0.3, 0.4) is 0 Å². The maximum absolute atomic E-state index is 5.95. The van der Waals surface area contributed by atoms with E-state index in [9.17, 15) is 0 Å². The highest BCUT2D eigenvalue weighted by atomic mass is 14.2. The Morgan fingerprint density at radius 3 is 2.46 bits per heavy atom. The third kappa shape index (κ3) is 4.87. The molecule has 2 aromatic carbocycles. The summed E-state index contributed by atoms with van der Waals surface area (Å²) >= 11 is 0. The van der Waals surface area contributed by atoms with Crippen molar-refractivity contribution in [3.63, 3.8) is 0 Å². The number of aryl methyl sites for hydroxylation is 1. The molecule has 26 heavy (non-hydrogen) atoms.